The third-order valence-corrected chi connectivity index (χ3v) is 4.56. The molecular weight excluding hydrogens is 452 g/mol. The Morgan fingerprint density at radius 1 is 0.971 bits per heavy atom. The number of carbonyl (C=O) groups excluding carboxylic acids is 3. The van der Waals surface area contributed by atoms with Gasteiger partial charge in [0.15, 0.2) is 0 Å². The summed E-state index contributed by atoms with van der Waals surface area (Å²) in [6.07, 6.45) is -2.23. The number of carbonyl (C=O) groups is 5. The number of H-pyrrole nitrogens is 1. The molecule has 0 saturated heterocycles. The second-order valence-electron chi connectivity index (χ2n) is 7.09. The Morgan fingerprint density at radius 2 is 1.47 bits per heavy atom. The average molecular weight is 480 g/mol. The Balaban J connectivity index is 0.000000344. The fraction of sp³-hybridized carbons (Fsp3) is 0.409. The van der Waals surface area contributed by atoms with Gasteiger partial charge in [-0.05, 0) is 18.6 Å². The van der Waals surface area contributed by atoms with Crippen LogP contribution in [0.1, 0.15) is 39.2 Å². The molecule has 1 heterocycles. The molecule has 0 fully saturated rings. The lowest BCUT2D eigenvalue weighted by molar-refractivity contribution is -0.185. The minimum Gasteiger partial charge on any atom is -0.478 e. The Hall–Kier alpha value is -3.93. The molecular formula is C22H28N2O10. The van der Waals surface area contributed by atoms with E-state index in [9.17, 15) is 24.0 Å². The molecule has 0 aliphatic carbocycles. The minimum atomic E-state index is -2.07. The van der Waals surface area contributed by atoms with Crippen molar-refractivity contribution in [3.63, 3.8) is 0 Å². The number of carboxylic acid groups (broad SMARTS) is 2. The first-order chi connectivity index (χ1) is 15.9. The molecule has 2 rings (SSSR count). The predicted molar refractivity (Wildman–Crippen MR) is 118 cm³/mol. The Morgan fingerprint density at radius 3 is 1.91 bits per heavy atom. The van der Waals surface area contributed by atoms with Crippen molar-refractivity contribution in [2.45, 2.75) is 51.9 Å². The van der Waals surface area contributed by atoms with Crippen LogP contribution in [0.4, 0.5) is 0 Å². The number of nitrogens with two attached hydrogens (primary N) is 1. The second-order valence-corrected chi connectivity index (χ2v) is 7.09. The van der Waals surface area contributed by atoms with Crippen LogP contribution in [0.5, 0.6) is 0 Å². The van der Waals surface area contributed by atoms with Crippen LogP contribution in [0.3, 0.4) is 0 Å². The zero-order valence-electron chi connectivity index (χ0n) is 19.1. The number of aromatic nitrogens is 1. The summed E-state index contributed by atoms with van der Waals surface area (Å²) >= 11 is 0. The minimum absolute atomic E-state index is 0.0831. The summed E-state index contributed by atoms with van der Waals surface area (Å²) in [4.78, 5) is 57.2. The Bertz CT molecular complexity index is 1000. The van der Waals surface area contributed by atoms with Crippen molar-refractivity contribution < 1.29 is 48.4 Å². The summed E-state index contributed by atoms with van der Waals surface area (Å²) in [5.74, 6) is -5.86. The molecule has 2 unspecified atom stereocenters. The van der Waals surface area contributed by atoms with Crippen LogP contribution in [-0.2, 0) is 38.2 Å². The summed E-state index contributed by atoms with van der Waals surface area (Å²) in [5.41, 5.74) is 8.04. The van der Waals surface area contributed by atoms with Crippen LogP contribution in [0, 0.1) is 0 Å². The van der Waals surface area contributed by atoms with Gasteiger partial charge in [0.2, 0.25) is 12.2 Å². The van der Waals surface area contributed by atoms with Gasteiger partial charge in [-0.15, -0.1) is 0 Å². The molecule has 0 amide bonds. The number of nitrogens with one attached hydrogen (secondary N) is 1. The molecule has 0 saturated carbocycles. The lowest BCUT2D eigenvalue weighted by atomic mass is 9.93. The first-order valence-electron chi connectivity index (χ1n) is 10.2. The summed E-state index contributed by atoms with van der Waals surface area (Å²) in [6, 6.07) is 7.34. The maximum atomic E-state index is 11.7. The number of hydrogen-bond donors (Lipinski definition) is 4. The fourth-order valence-corrected chi connectivity index (χ4v) is 2.95. The van der Waals surface area contributed by atoms with Crippen molar-refractivity contribution >= 4 is 40.7 Å². The van der Waals surface area contributed by atoms with E-state index in [1.807, 2.05) is 37.4 Å². The normalized spacial score (nSPS) is 13.9. The monoisotopic (exact) mass is 480 g/mol. The number of ether oxygens (including phenoxy) is 3. The highest BCUT2D eigenvalue weighted by atomic mass is 16.6. The van der Waals surface area contributed by atoms with Gasteiger partial charge in [0.05, 0.1) is 6.61 Å². The van der Waals surface area contributed by atoms with Crippen molar-refractivity contribution in [2.75, 3.05) is 6.61 Å². The zero-order valence-corrected chi connectivity index (χ0v) is 19.1. The van der Waals surface area contributed by atoms with E-state index >= 15 is 0 Å². The lowest BCUT2D eigenvalue weighted by Gasteiger charge is -2.19. The largest absolute Gasteiger partial charge is 0.478 e. The maximum Gasteiger partial charge on any atom is 0.349 e. The molecule has 0 radical (unpaired) electrons. The lowest BCUT2D eigenvalue weighted by Crippen LogP contribution is -2.45. The van der Waals surface area contributed by atoms with Gasteiger partial charge in [0.1, 0.15) is 6.04 Å². The maximum absolute atomic E-state index is 11.7. The van der Waals surface area contributed by atoms with Crippen molar-refractivity contribution in [2.24, 2.45) is 5.73 Å². The number of para-hydroxylation sites is 1. The van der Waals surface area contributed by atoms with E-state index in [-0.39, 0.29) is 11.9 Å². The smallest absolute Gasteiger partial charge is 0.349 e. The fourth-order valence-electron chi connectivity index (χ4n) is 2.95. The third-order valence-electron chi connectivity index (χ3n) is 4.56. The molecule has 1 aromatic carbocycles. The highest BCUT2D eigenvalue weighted by Crippen LogP contribution is 2.27. The van der Waals surface area contributed by atoms with Crippen molar-refractivity contribution in [3.8, 4) is 0 Å². The van der Waals surface area contributed by atoms with Gasteiger partial charge >= 0.3 is 29.8 Å². The number of hydrogen-bond acceptors (Lipinski definition) is 9. The third kappa shape index (κ3) is 7.89. The van der Waals surface area contributed by atoms with Gasteiger partial charge in [-0.1, -0.05) is 25.1 Å². The number of esters is 3. The first kappa shape index (κ1) is 28.1. The zero-order chi connectivity index (χ0) is 26.0. The Labute approximate surface area is 195 Å². The molecule has 0 aliphatic heterocycles. The number of rotatable bonds is 9. The van der Waals surface area contributed by atoms with Gasteiger partial charge in [-0.3, -0.25) is 14.4 Å². The first-order valence-corrected chi connectivity index (χ1v) is 10.2. The van der Waals surface area contributed by atoms with E-state index < -0.39 is 42.1 Å². The van der Waals surface area contributed by atoms with Crippen LogP contribution >= 0.6 is 0 Å². The number of aliphatic carboxylic acids is 2. The van der Waals surface area contributed by atoms with Gasteiger partial charge in [0.25, 0.3) is 0 Å². The number of aromatic amines is 1. The van der Waals surface area contributed by atoms with Gasteiger partial charge < -0.3 is 35.1 Å². The molecule has 12 heteroatoms. The standard InChI is InChI=1S/C14H18N2O2.C8H10O8/c1-3-18-14(17)13(15)9(2)11-8-16-12-7-5-4-6-10(11)12;1-3(9)15-5(7(11)12)6(8(13)14)16-4(2)10/h4-9,13,16H,3,15H2,1-2H3;5-6H,1-2H3,(H,11,12)(H,13,14)/t;5-,6-/m.1/s1. The van der Waals surface area contributed by atoms with E-state index in [2.05, 4.69) is 14.5 Å². The van der Waals surface area contributed by atoms with E-state index in [0.717, 1.165) is 30.3 Å². The molecule has 12 nitrogen and oxygen atoms in total. The van der Waals surface area contributed by atoms with Gasteiger partial charge in [-0.25, -0.2) is 9.59 Å². The van der Waals surface area contributed by atoms with E-state index in [1.54, 1.807) is 6.92 Å². The molecule has 2 aromatic rings. The number of fused-ring (bicyclic) bond motifs is 1. The molecule has 4 atom stereocenters. The van der Waals surface area contributed by atoms with Gasteiger partial charge in [-0.2, -0.15) is 0 Å². The van der Waals surface area contributed by atoms with Crippen LogP contribution < -0.4 is 5.73 Å². The number of benzene rings is 1. The average Bonchev–Trinajstić information content (AvgIpc) is 3.19. The molecule has 0 aliphatic rings. The highest BCUT2D eigenvalue weighted by Gasteiger charge is 2.39. The van der Waals surface area contributed by atoms with Crippen molar-refractivity contribution in [1.82, 2.24) is 4.98 Å². The summed E-state index contributed by atoms with van der Waals surface area (Å²) < 4.78 is 13.4. The quantitative estimate of drug-likeness (QED) is 0.297. The predicted octanol–water partition coefficient (Wildman–Crippen LogP) is 1.18. The van der Waals surface area contributed by atoms with Crippen molar-refractivity contribution in [3.05, 3.63) is 36.0 Å². The van der Waals surface area contributed by atoms with Crippen LogP contribution in [-0.4, -0.2) is 69.9 Å². The van der Waals surface area contributed by atoms with E-state index in [0.29, 0.717) is 6.61 Å². The van der Waals surface area contributed by atoms with Crippen LogP contribution in [0.25, 0.3) is 10.9 Å². The van der Waals surface area contributed by atoms with Crippen molar-refractivity contribution in [1.29, 1.82) is 0 Å². The second kappa shape index (κ2) is 12.9. The Kier molecular flexibility index (Phi) is 10.7. The van der Waals surface area contributed by atoms with Crippen LogP contribution in [0.2, 0.25) is 0 Å². The van der Waals surface area contributed by atoms with E-state index in [1.165, 1.54) is 0 Å². The summed E-state index contributed by atoms with van der Waals surface area (Å²) in [6.45, 7) is 5.89. The van der Waals surface area contributed by atoms with Crippen LogP contribution in [0.15, 0.2) is 30.5 Å². The SMILES string of the molecule is CC(=O)O[C@@H](C(=O)O)[C@@H](OC(C)=O)C(=O)O.CCOC(=O)C(N)C(C)c1c[nH]c2ccccc12. The van der Waals surface area contributed by atoms with E-state index in [4.69, 9.17) is 20.7 Å². The molecule has 34 heavy (non-hydrogen) atoms. The number of carboxylic acids is 2. The topological polar surface area (TPSA) is 195 Å². The molecule has 0 bridgehead atoms. The van der Waals surface area contributed by atoms with Gasteiger partial charge in [0, 0.05) is 36.9 Å². The summed E-state index contributed by atoms with van der Waals surface area (Å²) in [5, 5.41) is 18.3. The molecule has 1 aromatic heterocycles. The summed E-state index contributed by atoms with van der Waals surface area (Å²) in [7, 11) is 0. The highest BCUT2D eigenvalue weighted by molar-refractivity contribution is 5.87. The molecule has 186 valence electrons. The molecule has 5 N–H and O–H groups in total. The molecule has 0 spiro atoms.